The molecule has 1 aliphatic rings. The van der Waals surface area contributed by atoms with Gasteiger partial charge < -0.3 is 20.6 Å². The molecule has 142 valence electrons. The van der Waals surface area contributed by atoms with Crippen molar-refractivity contribution in [2.24, 2.45) is 10.9 Å². The highest BCUT2D eigenvalue weighted by Crippen LogP contribution is 2.25. The van der Waals surface area contributed by atoms with Crippen LogP contribution in [0.25, 0.3) is 0 Å². The van der Waals surface area contributed by atoms with Gasteiger partial charge in [0, 0.05) is 30.6 Å². The van der Waals surface area contributed by atoms with Crippen LogP contribution >= 0.6 is 11.3 Å². The first-order valence-electron chi connectivity index (χ1n) is 9.45. The molecule has 3 N–H and O–H groups in total. The van der Waals surface area contributed by atoms with Gasteiger partial charge in [0.25, 0.3) is 0 Å². The van der Waals surface area contributed by atoms with Crippen LogP contribution in [0, 0.1) is 5.92 Å². The molecule has 1 aromatic rings. The van der Waals surface area contributed by atoms with Crippen LogP contribution in [0.5, 0.6) is 0 Å². The lowest BCUT2D eigenvalue weighted by Crippen LogP contribution is -2.46. The SMILES string of the molecule is CCNC(=NCC(C)(O)c1cccs1)NCC1CCCN(C(C)C)C1. The lowest BCUT2D eigenvalue weighted by molar-refractivity contribution is 0.0711. The van der Waals surface area contributed by atoms with Crippen LogP contribution in [0.15, 0.2) is 22.5 Å². The summed E-state index contributed by atoms with van der Waals surface area (Å²) < 4.78 is 0. The normalized spacial score (nSPS) is 22.0. The molecule has 2 heterocycles. The van der Waals surface area contributed by atoms with Gasteiger partial charge in [-0.1, -0.05) is 6.07 Å². The fourth-order valence-electron chi connectivity index (χ4n) is 3.21. The summed E-state index contributed by atoms with van der Waals surface area (Å²) in [6.45, 7) is 12.9. The number of aliphatic imine (C=N–C) groups is 1. The van der Waals surface area contributed by atoms with E-state index in [2.05, 4.69) is 41.3 Å². The van der Waals surface area contributed by atoms with E-state index in [1.165, 1.54) is 19.4 Å². The Morgan fingerprint density at radius 3 is 2.92 bits per heavy atom. The van der Waals surface area contributed by atoms with Crippen molar-refractivity contribution in [3.63, 3.8) is 0 Å². The van der Waals surface area contributed by atoms with Crippen molar-refractivity contribution in [1.82, 2.24) is 15.5 Å². The highest BCUT2D eigenvalue weighted by molar-refractivity contribution is 7.10. The van der Waals surface area contributed by atoms with Crippen molar-refractivity contribution >= 4 is 17.3 Å². The molecular weight excluding hydrogens is 332 g/mol. The predicted molar refractivity (Wildman–Crippen MR) is 107 cm³/mol. The summed E-state index contributed by atoms with van der Waals surface area (Å²) in [6.07, 6.45) is 2.54. The van der Waals surface area contributed by atoms with Gasteiger partial charge in [0.1, 0.15) is 5.60 Å². The fraction of sp³-hybridized carbons (Fsp3) is 0.737. The monoisotopic (exact) mass is 366 g/mol. The number of nitrogens with one attached hydrogen (secondary N) is 2. The molecule has 6 heteroatoms. The number of guanidine groups is 1. The molecule has 5 nitrogen and oxygen atoms in total. The van der Waals surface area contributed by atoms with Gasteiger partial charge in [-0.05, 0) is 64.4 Å². The Bertz CT molecular complexity index is 528. The minimum Gasteiger partial charge on any atom is -0.383 e. The van der Waals surface area contributed by atoms with Crippen LogP contribution in [0.1, 0.15) is 45.4 Å². The average molecular weight is 367 g/mol. The molecule has 1 saturated heterocycles. The van der Waals surface area contributed by atoms with Gasteiger partial charge >= 0.3 is 0 Å². The Morgan fingerprint density at radius 1 is 1.48 bits per heavy atom. The maximum atomic E-state index is 10.6. The van der Waals surface area contributed by atoms with E-state index in [0.717, 1.165) is 30.5 Å². The van der Waals surface area contributed by atoms with Gasteiger partial charge in [0.05, 0.1) is 6.54 Å². The van der Waals surface area contributed by atoms with E-state index in [1.807, 2.05) is 24.4 Å². The van der Waals surface area contributed by atoms with E-state index in [-0.39, 0.29) is 0 Å². The van der Waals surface area contributed by atoms with Gasteiger partial charge in [-0.15, -0.1) is 11.3 Å². The molecule has 0 spiro atoms. The Morgan fingerprint density at radius 2 is 2.28 bits per heavy atom. The Labute approximate surface area is 156 Å². The van der Waals surface area contributed by atoms with Gasteiger partial charge in [-0.3, -0.25) is 0 Å². The molecule has 2 unspecified atom stereocenters. The molecule has 0 radical (unpaired) electrons. The lowest BCUT2D eigenvalue weighted by Gasteiger charge is -2.35. The van der Waals surface area contributed by atoms with Gasteiger partial charge in [0.15, 0.2) is 5.96 Å². The molecule has 0 aliphatic carbocycles. The quantitative estimate of drug-likeness (QED) is 0.513. The van der Waals surface area contributed by atoms with Crippen molar-refractivity contribution in [3.8, 4) is 0 Å². The van der Waals surface area contributed by atoms with Crippen LogP contribution in [0.4, 0.5) is 0 Å². The third kappa shape index (κ3) is 6.28. The first-order chi connectivity index (χ1) is 11.9. The first-order valence-corrected chi connectivity index (χ1v) is 10.3. The molecule has 0 bridgehead atoms. The van der Waals surface area contributed by atoms with Gasteiger partial charge in [-0.2, -0.15) is 0 Å². The molecule has 0 saturated carbocycles. The number of piperidine rings is 1. The summed E-state index contributed by atoms with van der Waals surface area (Å²) in [6, 6.07) is 4.54. The molecule has 0 aromatic carbocycles. The first kappa shape index (κ1) is 20.2. The number of nitrogens with zero attached hydrogens (tertiary/aromatic N) is 2. The van der Waals surface area contributed by atoms with Crippen LogP contribution < -0.4 is 10.6 Å². The van der Waals surface area contributed by atoms with Gasteiger partial charge in [0.2, 0.25) is 0 Å². The number of aliphatic hydroxyl groups is 1. The molecule has 1 fully saturated rings. The van der Waals surface area contributed by atoms with Crippen LogP contribution in [-0.4, -0.2) is 54.7 Å². The summed E-state index contributed by atoms with van der Waals surface area (Å²) in [5, 5.41) is 19.4. The standard InChI is InChI=1S/C19H34N4OS/c1-5-20-18(22-14-19(4,24)17-9-7-11-25-17)21-12-16-8-6-10-23(13-16)15(2)3/h7,9,11,15-16,24H,5-6,8,10,12-14H2,1-4H3,(H2,20,21,22). The molecule has 2 atom stereocenters. The smallest absolute Gasteiger partial charge is 0.191 e. The predicted octanol–water partition coefficient (Wildman–Crippen LogP) is 2.63. The van der Waals surface area contributed by atoms with E-state index in [0.29, 0.717) is 18.5 Å². The highest BCUT2D eigenvalue weighted by atomic mass is 32.1. The minimum absolute atomic E-state index is 0.353. The third-order valence-electron chi connectivity index (χ3n) is 4.78. The van der Waals surface area contributed by atoms with Crippen molar-refractivity contribution < 1.29 is 5.11 Å². The van der Waals surface area contributed by atoms with Crippen molar-refractivity contribution in [1.29, 1.82) is 0 Å². The third-order valence-corrected chi connectivity index (χ3v) is 5.90. The summed E-state index contributed by atoms with van der Waals surface area (Å²) >= 11 is 1.57. The maximum absolute atomic E-state index is 10.6. The highest BCUT2D eigenvalue weighted by Gasteiger charge is 2.24. The molecule has 2 rings (SSSR count). The minimum atomic E-state index is -0.921. The van der Waals surface area contributed by atoms with Crippen molar-refractivity contribution in [2.75, 3.05) is 32.7 Å². The molecule has 25 heavy (non-hydrogen) atoms. The Balaban J connectivity index is 1.89. The van der Waals surface area contributed by atoms with E-state index >= 15 is 0 Å². The van der Waals surface area contributed by atoms with Crippen LogP contribution in [0.3, 0.4) is 0 Å². The second-order valence-corrected chi connectivity index (χ2v) is 8.37. The second-order valence-electron chi connectivity index (χ2n) is 7.42. The Kier molecular flexibility index (Phi) is 7.72. The zero-order valence-electron chi connectivity index (χ0n) is 16.1. The van der Waals surface area contributed by atoms with Gasteiger partial charge in [-0.25, -0.2) is 4.99 Å². The number of rotatable bonds is 7. The largest absolute Gasteiger partial charge is 0.383 e. The van der Waals surface area contributed by atoms with Crippen molar-refractivity contribution in [3.05, 3.63) is 22.4 Å². The lowest BCUT2D eigenvalue weighted by atomic mass is 9.97. The maximum Gasteiger partial charge on any atom is 0.191 e. The zero-order chi connectivity index (χ0) is 18.3. The molecule has 0 amide bonds. The van der Waals surface area contributed by atoms with Crippen LogP contribution in [0.2, 0.25) is 0 Å². The van der Waals surface area contributed by atoms with E-state index in [4.69, 9.17) is 0 Å². The number of thiophene rings is 1. The number of hydrogen-bond donors (Lipinski definition) is 3. The summed E-state index contributed by atoms with van der Waals surface area (Å²) in [5.74, 6) is 1.44. The van der Waals surface area contributed by atoms with E-state index in [9.17, 15) is 5.11 Å². The average Bonchev–Trinajstić information content (AvgIpc) is 3.13. The summed E-state index contributed by atoms with van der Waals surface area (Å²) in [4.78, 5) is 8.13. The number of hydrogen-bond acceptors (Lipinski definition) is 4. The van der Waals surface area contributed by atoms with Crippen LogP contribution in [-0.2, 0) is 5.60 Å². The fourth-order valence-corrected chi connectivity index (χ4v) is 3.99. The van der Waals surface area contributed by atoms with E-state index in [1.54, 1.807) is 11.3 Å². The van der Waals surface area contributed by atoms with E-state index < -0.39 is 5.60 Å². The molecule has 1 aliphatic heterocycles. The summed E-state index contributed by atoms with van der Waals surface area (Å²) in [5.41, 5.74) is -0.921. The summed E-state index contributed by atoms with van der Waals surface area (Å²) in [7, 11) is 0. The number of likely N-dealkylation sites (tertiary alicyclic amines) is 1. The zero-order valence-corrected chi connectivity index (χ0v) is 16.9. The molecule has 1 aromatic heterocycles. The second kappa shape index (κ2) is 9.55. The molecular formula is C19H34N4OS. The van der Waals surface area contributed by atoms with Crippen molar-refractivity contribution in [2.45, 2.75) is 52.2 Å². The Hall–Kier alpha value is -1.11. The topological polar surface area (TPSA) is 59.9 Å².